The van der Waals surface area contributed by atoms with Crippen LogP contribution in [0.5, 0.6) is 0 Å². The van der Waals surface area contributed by atoms with Crippen LogP contribution < -0.4 is 0 Å². The van der Waals surface area contributed by atoms with Gasteiger partial charge in [0.05, 0.1) is 10.7 Å². The molecule has 0 aliphatic heterocycles. The van der Waals surface area contributed by atoms with Crippen LogP contribution in [0.3, 0.4) is 0 Å². The second-order valence-corrected chi connectivity index (χ2v) is 6.33. The molecule has 0 fully saturated rings. The molecular formula is C13H21NO2S. The maximum atomic E-state index is 11.3. The molecule has 1 N–H and O–H groups in total. The van der Waals surface area contributed by atoms with Crippen molar-refractivity contribution in [3.63, 3.8) is 0 Å². The van der Waals surface area contributed by atoms with Gasteiger partial charge in [0.15, 0.2) is 0 Å². The van der Waals surface area contributed by atoms with Crippen molar-refractivity contribution in [3.05, 3.63) is 15.6 Å². The van der Waals surface area contributed by atoms with Gasteiger partial charge in [0.25, 0.3) is 0 Å². The summed E-state index contributed by atoms with van der Waals surface area (Å²) in [6.07, 6.45) is 2.01. The van der Waals surface area contributed by atoms with Crippen LogP contribution >= 0.6 is 11.3 Å². The van der Waals surface area contributed by atoms with Gasteiger partial charge in [-0.2, -0.15) is 0 Å². The summed E-state index contributed by atoms with van der Waals surface area (Å²) in [6, 6.07) is 0. The quantitative estimate of drug-likeness (QED) is 0.883. The fourth-order valence-electron chi connectivity index (χ4n) is 1.80. The third-order valence-corrected chi connectivity index (χ3v) is 4.09. The van der Waals surface area contributed by atoms with E-state index in [0.29, 0.717) is 10.8 Å². The molecule has 0 aromatic carbocycles. The van der Waals surface area contributed by atoms with Gasteiger partial charge in [0.1, 0.15) is 4.88 Å². The molecule has 1 rings (SSSR count). The summed E-state index contributed by atoms with van der Waals surface area (Å²) >= 11 is 1.34. The molecule has 0 bridgehead atoms. The van der Waals surface area contributed by atoms with E-state index in [1.165, 1.54) is 11.3 Å². The Morgan fingerprint density at radius 3 is 2.18 bits per heavy atom. The Morgan fingerprint density at radius 1 is 1.35 bits per heavy atom. The zero-order valence-electron chi connectivity index (χ0n) is 11.2. The smallest absolute Gasteiger partial charge is 0.347 e. The normalized spacial score (nSPS) is 12.1. The van der Waals surface area contributed by atoms with Crippen LogP contribution in [0.25, 0.3) is 0 Å². The van der Waals surface area contributed by atoms with Crippen molar-refractivity contribution in [1.82, 2.24) is 4.98 Å². The van der Waals surface area contributed by atoms with Gasteiger partial charge in [-0.15, -0.1) is 11.3 Å². The molecular weight excluding hydrogens is 234 g/mol. The number of thiazole rings is 1. The van der Waals surface area contributed by atoms with E-state index in [4.69, 9.17) is 0 Å². The minimum atomic E-state index is -0.857. The van der Waals surface area contributed by atoms with E-state index in [9.17, 15) is 9.90 Å². The Kier molecular flexibility index (Phi) is 4.31. The molecule has 0 radical (unpaired) electrons. The first-order valence-electron chi connectivity index (χ1n) is 6.05. The van der Waals surface area contributed by atoms with E-state index in [-0.39, 0.29) is 5.41 Å². The fraction of sp³-hybridized carbons (Fsp3) is 0.692. The van der Waals surface area contributed by atoms with Crippen LogP contribution in [0.15, 0.2) is 0 Å². The number of carboxylic acid groups (broad SMARTS) is 1. The van der Waals surface area contributed by atoms with Gasteiger partial charge in [0.2, 0.25) is 0 Å². The molecule has 1 aromatic heterocycles. The number of nitrogens with zero attached hydrogens (tertiary/aromatic N) is 1. The number of hydrogen-bond donors (Lipinski definition) is 1. The van der Waals surface area contributed by atoms with Gasteiger partial charge in [-0.1, -0.05) is 34.6 Å². The Hall–Kier alpha value is -0.900. The second-order valence-electron chi connectivity index (χ2n) is 5.30. The summed E-state index contributed by atoms with van der Waals surface area (Å²) in [5, 5.41) is 10.2. The maximum Gasteiger partial charge on any atom is 0.347 e. The van der Waals surface area contributed by atoms with Gasteiger partial charge in [-0.25, -0.2) is 9.78 Å². The molecule has 4 heteroatoms. The third-order valence-electron chi connectivity index (χ3n) is 2.88. The van der Waals surface area contributed by atoms with E-state index in [0.717, 1.165) is 23.5 Å². The number of hydrogen-bond acceptors (Lipinski definition) is 3. The summed E-state index contributed by atoms with van der Waals surface area (Å²) in [5.74, 6) is -0.473. The van der Waals surface area contributed by atoms with Crippen LogP contribution in [0.2, 0.25) is 0 Å². The third kappa shape index (κ3) is 3.06. The first-order chi connectivity index (χ1) is 7.81. The van der Waals surface area contributed by atoms with Crippen molar-refractivity contribution >= 4 is 17.3 Å². The lowest BCUT2D eigenvalue weighted by Gasteiger charge is -2.16. The molecule has 0 amide bonds. The Labute approximate surface area is 107 Å². The van der Waals surface area contributed by atoms with Crippen molar-refractivity contribution in [3.8, 4) is 0 Å². The van der Waals surface area contributed by atoms with Gasteiger partial charge in [-0.05, 0) is 12.8 Å². The molecule has 96 valence electrons. The molecule has 0 atom stereocenters. The highest BCUT2D eigenvalue weighted by Gasteiger charge is 2.28. The summed E-state index contributed by atoms with van der Waals surface area (Å²) in [7, 11) is 0. The Bertz CT molecular complexity index is 400. The zero-order chi connectivity index (χ0) is 13.2. The summed E-state index contributed by atoms with van der Waals surface area (Å²) < 4.78 is 0. The molecule has 3 nitrogen and oxygen atoms in total. The van der Waals surface area contributed by atoms with Gasteiger partial charge in [0, 0.05) is 11.3 Å². The highest BCUT2D eigenvalue weighted by molar-refractivity contribution is 7.13. The molecule has 0 aliphatic carbocycles. The standard InChI is InChI=1S/C13H21NO2S/c1-6-8(7-2)11-14-10(13(3,4)5)9(17-11)12(15)16/h8H,6-7H2,1-5H3,(H,15,16). The molecule has 0 aliphatic rings. The van der Waals surface area contributed by atoms with Gasteiger partial charge in [-0.3, -0.25) is 0 Å². The van der Waals surface area contributed by atoms with Crippen LogP contribution in [0, 0.1) is 0 Å². The van der Waals surface area contributed by atoms with E-state index < -0.39 is 5.97 Å². The number of aromatic carboxylic acids is 1. The largest absolute Gasteiger partial charge is 0.477 e. The fourth-order valence-corrected chi connectivity index (χ4v) is 3.18. The number of rotatable bonds is 4. The number of carbonyl (C=O) groups is 1. The highest BCUT2D eigenvalue weighted by Crippen LogP contribution is 2.34. The SMILES string of the molecule is CCC(CC)c1nc(C(C)(C)C)c(C(=O)O)s1. The van der Waals surface area contributed by atoms with E-state index >= 15 is 0 Å². The van der Waals surface area contributed by atoms with Gasteiger partial charge >= 0.3 is 5.97 Å². The molecule has 0 saturated carbocycles. The number of aromatic nitrogens is 1. The van der Waals surface area contributed by atoms with Crippen LogP contribution in [0.1, 0.15) is 73.8 Å². The van der Waals surface area contributed by atoms with Gasteiger partial charge < -0.3 is 5.11 Å². The highest BCUT2D eigenvalue weighted by atomic mass is 32.1. The van der Waals surface area contributed by atoms with Crippen molar-refractivity contribution in [2.75, 3.05) is 0 Å². The van der Waals surface area contributed by atoms with E-state index in [1.54, 1.807) is 0 Å². The topological polar surface area (TPSA) is 50.2 Å². The Morgan fingerprint density at radius 2 is 1.88 bits per heavy atom. The van der Waals surface area contributed by atoms with Crippen molar-refractivity contribution < 1.29 is 9.90 Å². The second kappa shape index (κ2) is 5.17. The summed E-state index contributed by atoms with van der Waals surface area (Å²) in [5.41, 5.74) is 0.506. The molecule has 1 heterocycles. The first kappa shape index (κ1) is 14.2. The molecule has 0 unspecified atom stereocenters. The van der Waals surface area contributed by atoms with E-state index in [1.807, 2.05) is 20.8 Å². The predicted molar refractivity (Wildman–Crippen MR) is 71.1 cm³/mol. The van der Waals surface area contributed by atoms with Crippen molar-refractivity contribution in [2.45, 2.75) is 58.8 Å². The van der Waals surface area contributed by atoms with E-state index in [2.05, 4.69) is 18.8 Å². The lowest BCUT2D eigenvalue weighted by molar-refractivity contribution is 0.0699. The molecule has 1 aromatic rings. The van der Waals surface area contributed by atoms with Crippen molar-refractivity contribution in [2.24, 2.45) is 0 Å². The van der Waals surface area contributed by atoms with Crippen LogP contribution in [0.4, 0.5) is 0 Å². The minimum Gasteiger partial charge on any atom is -0.477 e. The molecule has 0 spiro atoms. The Balaban J connectivity index is 3.26. The predicted octanol–water partition coefficient (Wildman–Crippen LogP) is 4.04. The number of carboxylic acids is 1. The average molecular weight is 255 g/mol. The lowest BCUT2D eigenvalue weighted by atomic mass is 9.91. The molecule has 0 saturated heterocycles. The first-order valence-corrected chi connectivity index (χ1v) is 6.87. The average Bonchev–Trinajstić information content (AvgIpc) is 2.64. The molecule has 17 heavy (non-hydrogen) atoms. The van der Waals surface area contributed by atoms with Crippen molar-refractivity contribution in [1.29, 1.82) is 0 Å². The van der Waals surface area contributed by atoms with Crippen LogP contribution in [-0.2, 0) is 5.41 Å². The lowest BCUT2D eigenvalue weighted by Crippen LogP contribution is -2.16. The zero-order valence-corrected chi connectivity index (χ0v) is 12.0. The monoisotopic (exact) mass is 255 g/mol. The summed E-state index contributed by atoms with van der Waals surface area (Å²) in [4.78, 5) is 16.2. The minimum absolute atomic E-state index is 0.214. The maximum absolute atomic E-state index is 11.3. The van der Waals surface area contributed by atoms with Crippen LogP contribution in [-0.4, -0.2) is 16.1 Å². The summed E-state index contributed by atoms with van der Waals surface area (Å²) in [6.45, 7) is 10.3.